The second kappa shape index (κ2) is 18.6. The molecule has 0 N–H and O–H groups in total. The van der Waals surface area contributed by atoms with Crippen LogP contribution in [0.5, 0.6) is 0 Å². The van der Waals surface area contributed by atoms with Gasteiger partial charge in [-0.2, -0.15) is 0 Å². The maximum absolute atomic E-state index is 6.86. The Morgan fingerprint density at radius 1 is 0.312 bits per heavy atom. The average molecular weight is 1040 g/mol. The third-order valence-corrected chi connectivity index (χ3v) is 17.9. The molecular weight excluding hydrogens is 987 g/mol. The number of anilines is 3. The highest BCUT2D eigenvalue weighted by Crippen LogP contribution is 2.59. The number of furan rings is 1. The van der Waals surface area contributed by atoms with E-state index in [9.17, 15) is 0 Å². The molecule has 1 atom stereocenters. The lowest BCUT2D eigenvalue weighted by molar-refractivity contribution is 0.669. The van der Waals surface area contributed by atoms with Crippen molar-refractivity contribution in [2.75, 3.05) is 4.90 Å². The van der Waals surface area contributed by atoms with Crippen molar-refractivity contribution in [1.29, 1.82) is 0 Å². The summed E-state index contributed by atoms with van der Waals surface area (Å²) in [4.78, 5) is 2.53. The Balaban J connectivity index is 0.971. The molecule has 15 aromatic rings. The molecule has 2 nitrogen and oxygen atoms in total. The molecule has 2 aromatic heterocycles. The van der Waals surface area contributed by atoms with Gasteiger partial charge in [0, 0.05) is 31.2 Å². The van der Waals surface area contributed by atoms with E-state index in [0.717, 1.165) is 50.1 Å². The van der Waals surface area contributed by atoms with E-state index in [-0.39, 0.29) is 0 Å². The van der Waals surface area contributed by atoms with Gasteiger partial charge >= 0.3 is 0 Å². The van der Waals surface area contributed by atoms with Crippen molar-refractivity contribution >= 4 is 81.3 Å². The minimum atomic E-state index is -0.678. The quantitative estimate of drug-likeness (QED) is 0.143. The van der Waals surface area contributed by atoms with Gasteiger partial charge < -0.3 is 9.32 Å². The second-order valence-electron chi connectivity index (χ2n) is 21.0. The van der Waals surface area contributed by atoms with Gasteiger partial charge in [0.15, 0.2) is 0 Å². The summed E-state index contributed by atoms with van der Waals surface area (Å²) in [5, 5.41) is 7.03. The van der Waals surface area contributed by atoms with Gasteiger partial charge in [-0.1, -0.05) is 231 Å². The van der Waals surface area contributed by atoms with Gasteiger partial charge in [-0.3, -0.25) is 0 Å². The van der Waals surface area contributed by atoms with Gasteiger partial charge in [0.1, 0.15) is 11.2 Å². The number of benzene rings is 13. The van der Waals surface area contributed by atoms with Crippen LogP contribution >= 0.6 is 11.3 Å². The van der Waals surface area contributed by atoms with Crippen LogP contribution in [0.3, 0.4) is 0 Å². The van der Waals surface area contributed by atoms with Crippen molar-refractivity contribution in [2.45, 2.75) is 5.41 Å². The maximum Gasteiger partial charge on any atom is 0.137 e. The van der Waals surface area contributed by atoms with E-state index in [1.807, 2.05) is 11.3 Å². The molecular formula is C77H49NOS. The van der Waals surface area contributed by atoms with Crippen molar-refractivity contribution in [3.05, 3.63) is 320 Å². The largest absolute Gasteiger partial charge is 0.456 e. The molecule has 1 unspecified atom stereocenters. The van der Waals surface area contributed by atoms with Crippen LogP contribution < -0.4 is 4.90 Å². The first kappa shape index (κ1) is 46.1. The fourth-order valence-electron chi connectivity index (χ4n) is 13.3. The van der Waals surface area contributed by atoms with Crippen molar-refractivity contribution in [3.63, 3.8) is 0 Å². The highest BCUT2D eigenvalue weighted by molar-refractivity contribution is 7.26. The molecule has 0 saturated carbocycles. The van der Waals surface area contributed by atoms with E-state index in [0.29, 0.717) is 0 Å². The first-order chi connectivity index (χ1) is 39.7. The predicted octanol–water partition coefficient (Wildman–Crippen LogP) is 21.6. The van der Waals surface area contributed by atoms with Crippen molar-refractivity contribution in [2.24, 2.45) is 0 Å². The van der Waals surface area contributed by atoms with Gasteiger partial charge in [-0.05, 0) is 155 Å². The van der Waals surface area contributed by atoms with Gasteiger partial charge in [0.2, 0.25) is 0 Å². The standard InChI is InChI=1S/C77H49NOS/c1-4-20-50(21-5-1)54-42-44-70-64(47-54)75-68(36-18-38-71(75)79-70)78(69-37-19-39-73-76(69)65-48-56(43-45-72(65)80-73)61-31-13-12-30-60(61)52-23-6-2-7-24-52)59-29-16-28-58(49-59)77(57-26-8-3-9-27-57)66-34-15-14-32-63(66)74-62(33-17-35-67(74)77)55-41-40-51-22-10-11-25-53(51)46-55/h1-49H. The fourth-order valence-corrected chi connectivity index (χ4v) is 14.4. The third kappa shape index (κ3) is 7.18. The predicted molar refractivity (Wildman–Crippen MR) is 338 cm³/mol. The summed E-state index contributed by atoms with van der Waals surface area (Å²) >= 11 is 1.86. The zero-order valence-electron chi connectivity index (χ0n) is 43.6. The van der Waals surface area contributed by atoms with Crippen LogP contribution in [-0.4, -0.2) is 0 Å². The Morgan fingerprint density at radius 2 is 0.900 bits per heavy atom. The first-order valence-electron chi connectivity index (χ1n) is 27.5. The Hall–Kier alpha value is -10.1. The van der Waals surface area contributed by atoms with Gasteiger partial charge in [0.25, 0.3) is 0 Å². The zero-order chi connectivity index (χ0) is 52.7. The maximum atomic E-state index is 6.86. The molecule has 1 aliphatic carbocycles. The summed E-state index contributed by atoms with van der Waals surface area (Å²) in [6.07, 6.45) is 0. The summed E-state index contributed by atoms with van der Waals surface area (Å²) in [6, 6.07) is 110. The molecule has 0 radical (unpaired) electrons. The average Bonchev–Trinajstić information content (AvgIpc) is 4.27. The molecule has 374 valence electrons. The lowest BCUT2D eigenvalue weighted by Crippen LogP contribution is -2.29. The number of thiophene rings is 1. The summed E-state index contributed by atoms with van der Waals surface area (Å²) in [5.74, 6) is 0. The molecule has 0 saturated heterocycles. The second-order valence-corrected chi connectivity index (χ2v) is 22.1. The van der Waals surface area contributed by atoms with Crippen LogP contribution in [-0.2, 0) is 5.41 Å². The first-order valence-corrected chi connectivity index (χ1v) is 28.3. The van der Waals surface area contributed by atoms with Crippen LogP contribution in [0.25, 0.3) is 109 Å². The molecule has 0 amide bonds. The zero-order valence-corrected chi connectivity index (χ0v) is 44.4. The van der Waals surface area contributed by atoms with E-state index in [1.54, 1.807) is 0 Å². The Kier molecular flexibility index (Phi) is 10.7. The molecule has 0 aliphatic heterocycles. The molecule has 13 aromatic carbocycles. The van der Waals surface area contributed by atoms with Crippen LogP contribution in [0, 0.1) is 0 Å². The monoisotopic (exact) mass is 1040 g/mol. The van der Waals surface area contributed by atoms with Crippen LogP contribution in [0.1, 0.15) is 22.3 Å². The number of nitrogens with zero attached hydrogens (tertiary/aromatic N) is 1. The van der Waals surface area contributed by atoms with Crippen molar-refractivity contribution in [1.82, 2.24) is 0 Å². The molecule has 0 spiro atoms. The summed E-state index contributed by atoms with van der Waals surface area (Å²) < 4.78 is 9.33. The van der Waals surface area contributed by atoms with Crippen LogP contribution in [0.2, 0.25) is 0 Å². The number of hydrogen-bond acceptors (Lipinski definition) is 3. The summed E-state index contributed by atoms with van der Waals surface area (Å²) in [5.41, 5.74) is 21.2. The molecule has 0 bridgehead atoms. The topological polar surface area (TPSA) is 16.4 Å². The summed E-state index contributed by atoms with van der Waals surface area (Å²) in [7, 11) is 0. The number of rotatable bonds is 9. The lowest BCUT2D eigenvalue weighted by Gasteiger charge is -2.35. The normalized spacial score (nSPS) is 13.8. The SMILES string of the molecule is c1ccc(-c2ccc3oc4cccc(N(c5cccc(C6(c7ccccc7)c7ccccc7-c7c(-c8ccc9ccccc9c8)cccc76)c5)c5cccc6sc7ccc(-c8ccccc8-c8ccccc8)cc7c56)c4c3c2)cc1. The van der Waals surface area contributed by atoms with Crippen molar-refractivity contribution in [3.8, 4) is 55.6 Å². The summed E-state index contributed by atoms with van der Waals surface area (Å²) in [6.45, 7) is 0. The Labute approximate surface area is 468 Å². The molecule has 3 heteroatoms. The number of fused-ring (bicyclic) bond motifs is 10. The number of hydrogen-bond donors (Lipinski definition) is 0. The lowest BCUT2D eigenvalue weighted by atomic mass is 9.67. The Bertz CT molecular complexity index is 4900. The molecule has 1 aliphatic rings. The highest BCUT2D eigenvalue weighted by Gasteiger charge is 2.47. The highest BCUT2D eigenvalue weighted by atomic mass is 32.1. The van der Waals surface area contributed by atoms with E-state index >= 15 is 0 Å². The van der Waals surface area contributed by atoms with E-state index in [4.69, 9.17) is 4.42 Å². The van der Waals surface area contributed by atoms with E-state index < -0.39 is 5.41 Å². The molecule has 0 fully saturated rings. The third-order valence-electron chi connectivity index (χ3n) is 16.7. The van der Waals surface area contributed by atoms with Crippen LogP contribution in [0.4, 0.5) is 17.1 Å². The van der Waals surface area contributed by atoms with Gasteiger partial charge in [0.05, 0.1) is 22.2 Å². The van der Waals surface area contributed by atoms with E-state index in [2.05, 4.69) is 302 Å². The minimum absolute atomic E-state index is 0.678. The van der Waals surface area contributed by atoms with Crippen molar-refractivity contribution < 1.29 is 4.42 Å². The molecule has 80 heavy (non-hydrogen) atoms. The van der Waals surface area contributed by atoms with Crippen LogP contribution in [0.15, 0.2) is 302 Å². The fraction of sp³-hybridized carbons (Fsp3) is 0.0130. The molecule has 2 heterocycles. The van der Waals surface area contributed by atoms with Gasteiger partial charge in [-0.25, -0.2) is 0 Å². The molecule has 16 rings (SSSR count). The minimum Gasteiger partial charge on any atom is -0.456 e. The smallest absolute Gasteiger partial charge is 0.137 e. The van der Waals surface area contributed by atoms with Gasteiger partial charge in [-0.15, -0.1) is 11.3 Å². The van der Waals surface area contributed by atoms with E-state index in [1.165, 1.54) is 97.7 Å². The Morgan fingerprint density at radius 3 is 1.73 bits per heavy atom.